The Bertz CT molecular complexity index is 669. The molecule has 0 unspecified atom stereocenters. The van der Waals surface area contributed by atoms with Crippen LogP contribution in [0, 0.1) is 5.41 Å². The minimum absolute atomic E-state index is 0.117. The van der Waals surface area contributed by atoms with Gasteiger partial charge >= 0.3 is 0 Å². The molecule has 0 saturated carbocycles. The first kappa shape index (κ1) is 21.4. The number of unbranched alkanes of at least 4 members (excludes halogenated alkanes) is 2. The molecule has 0 spiro atoms. The van der Waals surface area contributed by atoms with Crippen molar-refractivity contribution in [1.82, 2.24) is 10.6 Å². The Kier molecular flexibility index (Phi) is 8.38. The smallest absolute Gasteiger partial charge is 0.238 e. The Hall–Kier alpha value is -1.60. The van der Waals surface area contributed by atoms with E-state index in [9.17, 15) is 8.42 Å². The van der Waals surface area contributed by atoms with Gasteiger partial charge in [0.05, 0.1) is 4.90 Å². The van der Waals surface area contributed by atoms with Crippen LogP contribution in [0.1, 0.15) is 52.0 Å². The molecular weight excluding hydrogens is 336 g/mol. The third-order valence-electron chi connectivity index (χ3n) is 4.10. The summed E-state index contributed by atoms with van der Waals surface area (Å²) in [5.74, 6) is 0.699. The summed E-state index contributed by atoms with van der Waals surface area (Å²) in [6.45, 7) is 8.01. The number of sulfonamides is 1. The molecule has 6 nitrogen and oxygen atoms in total. The highest BCUT2D eigenvalue weighted by Crippen LogP contribution is 2.22. The first-order valence-corrected chi connectivity index (χ1v) is 10.3. The van der Waals surface area contributed by atoms with Crippen LogP contribution < -0.4 is 15.8 Å². The normalized spacial score (nSPS) is 12.9. The predicted molar refractivity (Wildman–Crippen MR) is 104 cm³/mol. The van der Waals surface area contributed by atoms with Gasteiger partial charge in [-0.25, -0.2) is 13.6 Å². The molecule has 0 aliphatic carbocycles. The molecule has 1 aromatic rings. The summed E-state index contributed by atoms with van der Waals surface area (Å²) in [5.41, 5.74) is 1.03. The van der Waals surface area contributed by atoms with E-state index >= 15 is 0 Å². The number of rotatable bonds is 9. The fourth-order valence-corrected chi connectivity index (χ4v) is 3.09. The van der Waals surface area contributed by atoms with Gasteiger partial charge in [-0.05, 0) is 29.5 Å². The lowest BCUT2D eigenvalue weighted by molar-refractivity contribution is 0.318. The van der Waals surface area contributed by atoms with Crippen LogP contribution in [0.25, 0.3) is 0 Å². The van der Waals surface area contributed by atoms with Gasteiger partial charge in [-0.3, -0.25) is 4.99 Å². The summed E-state index contributed by atoms with van der Waals surface area (Å²) in [4.78, 5) is 4.34. The number of primary sulfonamides is 1. The number of hydrogen-bond acceptors (Lipinski definition) is 3. The lowest BCUT2D eigenvalue weighted by Crippen LogP contribution is -2.41. The zero-order valence-corrected chi connectivity index (χ0v) is 16.6. The lowest BCUT2D eigenvalue weighted by Gasteiger charge is -2.26. The standard InChI is InChI=1S/C18H32N4O2S/c1-5-6-7-11-18(2,3)14-22-17(20-4)21-13-15-9-8-10-16(12-15)25(19,23)24/h8-10,12H,5-7,11,13-14H2,1-4H3,(H2,19,23,24)(H2,20,21,22). The van der Waals surface area contributed by atoms with E-state index in [1.807, 2.05) is 6.07 Å². The summed E-state index contributed by atoms with van der Waals surface area (Å²) in [6, 6.07) is 6.60. The molecule has 0 radical (unpaired) electrons. The first-order valence-electron chi connectivity index (χ1n) is 8.74. The number of nitrogens with two attached hydrogens (primary N) is 1. The minimum atomic E-state index is -3.68. The van der Waals surface area contributed by atoms with E-state index in [0.717, 1.165) is 12.1 Å². The summed E-state index contributed by atoms with van der Waals surface area (Å²) in [7, 11) is -1.96. The molecule has 142 valence electrons. The maximum atomic E-state index is 11.4. The largest absolute Gasteiger partial charge is 0.356 e. The van der Waals surface area contributed by atoms with Gasteiger partial charge in [0.15, 0.2) is 5.96 Å². The molecule has 4 N–H and O–H groups in total. The molecule has 0 aliphatic rings. The molecule has 0 saturated heterocycles. The number of hydrogen-bond donors (Lipinski definition) is 3. The minimum Gasteiger partial charge on any atom is -0.356 e. The second kappa shape index (κ2) is 9.77. The topological polar surface area (TPSA) is 96.6 Å². The molecule has 0 bridgehead atoms. The Morgan fingerprint density at radius 3 is 2.56 bits per heavy atom. The average Bonchev–Trinajstić information content (AvgIpc) is 2.54. The molecule has 0 fully saturated rings. The van der Waals surface area contributed by atoms with Crippen molar-refractivity contribution in [1.29, 1.82) is 0 Å². The van der Waals surface area contributed by atoms with Crippen molar-refractivity contribution in [2.75, 3.05) is 13.6 Å². The van der Waals surface area contributed by atoms with E-state index in [1.165, 1.54) is 31.7 Å². The Morgan fingerprint density at radius 1 is 1.24 bits per heavy atom. The van der Waals surface area contributed by atoms with E-state index in [2.05, 4.69) is 36.4 Å². The van der Waals surface area contributed by atoms with Crippen LogP contribution in [-0.4, -0.2) is 28.0 Å². The summed E-state index contributed by atoms with van der Waals surface area (Å²) >= 11 is 0. The number of nitrogens with one attached hydrogen (secondary N) is 2. The molecule has 1 rings (SSSR count). The summed E-state index contributed by atoms with van der Waals surface area (Å²) < 4.78 is 22.8. The lowest BCUT2D eigenvalue weighted by atomic mass is 9.87. The molecule has 0 heterocycles. The van der Waals surface area contributed by atoms with Crippen molar-refractivity contribution in [2.45, 2.75) is 57.9 Å². The van der Waals surface area contributed by atoms with Crippen LogP contribution in [0.3, 0.4) is 0 Å². The van der Waals surface area contributed by atoms with Crippen LogP contribution in [-0.2, 0) is 16.6 Å². The predicted octanol–water partition coefficient (Wildman–Crippen LogP) is 2.61. The maximum Gasteiger partial charge on any atom is 0.238 e. The Labute approximate surface area is 152 Å². The van der Waals surface area contributed by atoms with Crippen LogP contribution in [0.2, 0.25) is 0 Å². The molecule has 0 amide bonds. The quantitative estimate of drug-likeness (QED) is 0.355. The number of aliphatic imine (C=N–C) groups is 1. The molecular formula is C18H32N4O2S. The van der Waals surface area contributed by atoms with E-state index < -0.39 is 10.0 Å². The van der Waals surface area contributed by atoms with Crippen LogP contribution in [0.4, 0.5) is 0 Å². The van der Waals surface area contributed by atoms with Gasteiger partial charge in [-0.15, -0.1) is 0 Å². The van der Waals surface area contributed by atoms with Gasteiger partial charge in [-0.2, -0.15) is 0 Å². The molecule has 7 heteroatoms. The van der Waals surface area contributed by atoms with Gasteiger partial charge in [0.25, 0.3) is 0 Å². The average molecular weight is 369 g/mol. The van der Waals surface area contributed by atoms with Crippen molar-refractivity contribution in [3.05, 3.63) is 29.8 Å². The van der Waals surface area contributed by atoms with Gasteiger partial charge in [0.2, 0.25) is 10.0 Å². The van der Waals surface area contributed by atoms with Crippen molar-refractivity contribution in [3.8, 4) is 0 Å². The van der Waals surface area contributed by atoms with E-state index in [1.54, 1.807) is 19.2 Å². The number of guanidine groups is 1. The fourth-order valence-electron chi connectivity index (χ4n) is 2.50. The van der Waals surface area contributed by atoms with Crippen molar-refractivity contribution >= 4 is 16.0 Å². The third-order valence-corrected chi connectivity index (χ3v) is 5.01. The Morgan fingerprint density at radius 2 is 1.96 bits per heavy atom. The van der Waals surface area contributed by atoms with Crippen molar-refractivity contribution in [2.24, 2.45) is 15.5 Å². The zero-order valence-electron chi connectivity index (χ0n) is 15.8. The van der Waals surface area contributed by atoms with Crippen LogP contribution >= 0.6 is 0 Å². The SMILES string of the molecule is CCCCCC(C)(C)CNC(=NC)NCc1cccc(S(N)(=O)=O)c1. The van der Waals surface area contributed by atoms with Gasteiger partial charge in [0.1, 0.15) is 0 Å². The highest BCUT2D eigenvalue weighted by Gasteiger charge is 2.17. The monoisotopic (exact) mass is 368 g/mol. The summed E-state index contributed by atoms with van der Waals surface area (Å²) in [5, 5.41) is 11.7. The molecule has 0 aromatic heterocycles. The van der Waals surface area contributed by atoms with Crippen LogP contribution in [0.5, 0.6) is 0 Å². The van der Waals surface area contributed by atoms with Crippen molar-refractivity contribution < 1.29 is 8.42 Å². The summed E-state index contributed by atoms with van der Waals surface area (Å²) in [6.07, 6.45) is 4.89. The van der Waals surface area contributed by atoms with Crippen molar-refractivity contribution in [3.63, 3.8) is 0 Å². The molecule has 25 heavy (non-hydrogen) atoms. The number of nitrogens with zero attached hydrogens (tertiary/aromatic N) is 1. The molecule has 1 aromatic carbocycles. The highest BCUT2D eigenvalue weighted by molar-refractivity contribution is 7.89. The first-order chi connectivity index (χ1) is 11.7. The molecule has 0 aliphatic heterocycles. The zero-order chi connectivity index (χ0) is 18.9. The van der Waals surface area contributed by atoms with Crippen LogP contribution in [0.15, 0.2) is 34.2 Å². The van der Waals surface area contributed by atoms with Gasteiger partial charge in [-0.1, -0.05) is 52.2 Å². The second-order valence-electron chi connectivity index (χ2n) is 7.09. The maximum absolute atomic E-state index is 11.4. The number of benzene rings is 1. The second-order valence-corrected chi connectivity index (χ2v) is 8.65. The van der Waals surface area contributed by atoms with Gasteiger partial charge in [0, 0.05) is 20.1 Å². The third kappa shape index (κ3) is 8.36. The Balaban J connectivity index is 2.55. The van der Waals surface area contributed by atoms with E-state index in [0.29, 0.717) is 12.5 Å². The molecule has 0 atom stereocenters. The van der Waals surface area contributed by atoms with E-state index in [4.69, 9.17) is 5.14 Å². The van der Waals surface area contributed by atoms with E-state index in [-0.39, 0.29) is 10.3 Å². The highest BCUT2D eigenvalue weighted by atomic mass is 32.2. The fraction of sp³-hybridized carbons (Fsp3) is 0.611. The van der Waals surface area contributed by atoms with Gasteiger partial charge < -0.3 is 10.6 Å².